The van der Waals surface area contributed by atoms with Crippen LogP contribution in [0.2, 0.25) is 5.02 Å². The van der Waals surface area contributed by atoms with E-state index in [0.29, 0.717) is 29.4 Å². The average Bonchev–Trinajstić information content (AvgIpc) is 3.03. The third-order valence-corrected chi connectivity index (χ3v) is 3.57. The fourth-order valence-electron chi connectivity index (χ4n) is 2.09. The first-order valence-corrected chi connectivity index (χ1v) is 7.98. The van der Waals surface area contributed by atoms with Crippen LogP contribution >= 0.6 is 11.6 Å². The van der Waals surface area contributed by atoms with Crippen molar-refractivity contribution in [3.8, 4) is 0 Å². The summed E-state index contributed by atoms with van der Waals surface area (Å²) in [5.41, 5.74) is 1.01. The summed E-state index contributed by atoms with van der Waals surface area (Å²) in [6.45, 7) is 4.26. The highest BCUT2D eigenvalue weighted by molar-refractivity contribution is 6.33. The second-order valence-corrected chi connectivity index (χ2v) is 5.76. The van der Waals surface area contributed by atoms with E-state index >= 15 is 0 Å². The summed E-state index contributed by atoms with van der Waals surface area (Å²) >= 11 is 6.09. The van der Waals surface area contributed by atoms with E-state index in [1.807, 2.05) is 17.7 Å². The van der Waals surface area contributed by atoms with E-state index in [2.05, 4.69) is 20.9 Å². The number of imidazole rings is 1. The van der Waals surface area contributed by atoms with Gasteiger partial charge in [-0.3, -0.25) is 4.79 Å². The molecule has 0 radical (unpaired) electrons. The highest BCUT2D eigenvalue weighted by Gasteiger charge is 2.11. The zero-order chi connectivity index (χ0) is 17.5. The lowest BCUT2D eigenvalue weighted by Gasteiger charge is -2.16. The molecule has 0 bridgehead atoms. The van der Waals surface area contributed by atoms with Crippen molar-refractivity contribution in [2.45, 2.75) is 32.9 Å². The molecular weight excluding hydrogens is 330 g/mol. The number of urea groups is 1. The third kappa shape index (κ3) is 5.27. The molecule has 0 saturated heterocycles. The number of nitrogens with one attached hydrogen (secondary N) is 3. The molecule has 3 amide bonds. The van der Waals surface area contributed by atoms with Crippen LogP contribution in [0.3, 0.4) is 0 Å². The molecule has 24 heavy (non-hydrogen) atoms. The zero-order valence-electron chi connectivity index (χ0n) is 13.5. The van der Waals surface area contributed by atoms with Crippen LogP contribution in [0.5, 0.6) is 0 Å². The molecule has 0 aliphatic heterocycles. The van der Waals surface area contributed by atoms with Crippen LogP contribution in [-0.4, -0.2) is 27.5 Å². The van der Waals surface area contributed by atoms with E-state index in [1.54, 1.807) is 37.6 Å². The van der Waals surface area contributed by atoms with Crippen LogP contribution in [0.4, 0.5) is 16.2 Å². The molecule has 8 heteroatoms. The van der Waals surface area contributed by atoms with Crippen molar-refractivity contribution in [3.05, 3.63) is 41.9 Å². The average molecular weight is 350 g/mol. The third-order valence-electron chi connectivity index (χ3n) is 3.24. The molecule has 7 nitrogen and oxygen atoms in total. The Bertz CT molecular complexity index is 702. The molecule has 1 atom stereocenters. The van der Waals surface area contributed by atoms with E-state index in [0.717, 1.165) is 0 Å². The van der Waals surface area contributed by atoms with Gasteiger partial charge in [0.1, 0.15) is 0 Å². The number of halogens is 1. The number of anilines is 2. The Morgan fingerprint density at radius 3 is 2.79 bits per heavy atom. The normalized spacial score (nSPS) is 11.6. The van der Waals surface area contributed by atoms with Crippen molar-refractivity contribution in [1.29, 1.82) is 0 Å². The largest absolute Gasteiger partial charge is 0.335 e. The van der Waals surface area contributed by atoms with E-state index < -0.39 is 0 Å². The molecule has 0 aliphatic rings. The molecule has 2 rings (SSSR count). The van der Waals surface area contributed by atoms with Crippen molar-refractivity contribution >= 4 is 34.9 Å². The van der Waals surface area contributed by atoms with Crippen molar-refractivity contribution < 1.29 is 9.59 Å². The van der Waals surface area contributed by atoms with Crippen LogP contribution < -0.4 is 16.0 Å². The lowest BCUT2D eigenvalue weighted by molar-refractivity contribution is -0.115. The number of benzene rings is 1. The van der Waals surface area contributed by atoms with Gasteiger partial charge in [-0.15, -0.1) is 0 Å². The summed E-state index contributed by atoms with van der Waals surface area (Å²) in [4.78, 5) is 27.5. The Morgan fingerprint density at radius 1 is 1.33 bits per heavy atom. The Balaban J connectivity index is 1.95. The first-order chi connectivity index (χ1) is 11.5. The predicted molar refractivity (Wildman–Crippen MR) is 94.2 cm³/mol. The summed E-state index contributed by atoms with van der Waals surface area (Å²) in [5.74, 6) is -0.110. The lowest BCUT2D eigenvalue weighted by atomic mass is 10.2. The maximum absolute atomic E-state index is 12.1. The summed E-state index contributed by atoms with van der Waals surface area (Å²) in [5, 5.41) is 8.63. The minimum absolute atomic E-state index is 0.0963. The number of carbonyl (C=O) groups excluding carboxylic acids is 2. The molecule has 0 fully saturated rings. The van der Waals surface area contributed by atoms with Crippen molar-refractivity contribution in [2.75, 3.05) is 10.6 Å². The number of nitrogens with zero attached hydrogens (tertiary/aromatic N) is 2. The minimum atomic E-state index is -0.372. The molecule has 1 unspecified atom stereocenters. The summed E-state index contributed by atoms with van der Waals surface area (Å²) in [6, 6.07) is 4.46. The molecular formula is C16H20ClN5O2. The second-order valence-electron chi connectivity index (χ2n) is 5.36. The monoisotopic (exact) mass is 349 g/mol. The highest BCUT2D eigenvalue weighted by Crippen LogP contribution is 2.25. The summed E-state index contributed by atoms with van der Waals surface area (Å²) in [6.07, 6.45) is 5.57. The maximum atomic E-state index is 12.1. The number of carbonyl (C=O) groups is 2. The molecule has 3 N–H and O–H groups in total. The Labute approximate surface area is 145 Å². The van der Waals surface area contributed by atoms with Gasteiger partial charge < -0.3 is 20.5 Å². The summed E-state index contributed by atoms with van der Waals surface area (Å²) < 4.78 is 1.87. The van der Waals surface area contributed by atoms with Crippen LogP contribution in [0, 0.1) is 0 Å². The fraction of sp³-hybridized carbons (Fsp3) is 0.312. The van der Waals surface area contributed by atoms with Gasteiger partial charge >= 0.3 is 6.03 Å². The molecule has 0 aliphatic carbocycles. The Hall–Kier alpha value is -2.54. The standard InChI is InChI=1S/C16H20ClN5O2/c1-3-15(23)20-12-4-5-13(17)14(8-12)21-16(24)19-11(2)9-22-7-6-18-10-22/h4-8,10-11H,3,9H2,1-2H3,(H,20,23)(H2,19,21,24). The minimum Gasteiger partial charge on any atom is -0.335 e. The molecule has 1 aromatic carbocycles. The van der Waals surface area contributed by atoms with E-state index in [-0.39, 0.29) is 18.0 Å². The quantitative estimate of drug-likeness (QED) is 0.748. The number of rotatable bonds is 6. The maximum Gasteiger partial charge on any atom is 0.319 e. The van der Waals surface area contributed by atoms with Crippen LogP contribution in [-0.2, 0) is 11.3 Å². The van der Waals surface area contributed by atoms with Crippen LogP contribution in [0.25, 0.3) is 0 Å². The van der Waals surface area contributed by atoms with E-state index in [1.165, 1.54) is 0 Å². The van der Waals surface area contributed by atoms with Crippen LogP contribution in [0.15, 0.2) is 36.9 Å². The topological polar surface area (TPSA) is 88.0 Å². The van der Waals surface area contributed by atoms with Gasteiger partial charge in [-0.1, -0.05) is 18.5 Å². The SMILES string of the molecule is CCC(=O)Nc1ccc(Cl)c(NC(=O)NC(C)Cn2ccnc2)c1. The molecule has 0 spiro atoms. The molecule has 0 saturated carbocycles. The first-order valence-electron chi connectivity index (χ1n) is 7.60. The molecule has 128 valence electrons. The number of aromatic nitrogens is 2. The van der Waals surface area contributed by atoms with E-state index in [4.69, 9.17) is 11.6 Å². The van der Waals surface area contributed by atoms with Crippen molar-refractivity contribution in [3.63, 3.8) is 0 Å². The van der Waals surface area contributed by atoms with Gasteiger partial charge in [0.2, 0.25) is 5.91 Å². The smallest absolute Gasteiger partial charge is 0.319 e. The molecule has 1 heterocycles. The van der Waals surface area contributed by atoms with Gasteiger partial charge in [-0.2, -0.15) is 0 Å². The van der Waals surface area contributed by atoms with Gasteiger partial charge in [0, 0.05) is 37.1 Å². The number of hydrogen-bond acceptors (Lipinski definition) is 3. The van der Waals surface area contributed by atoms with Gasteiger partial charge in [-0.25, -0.2) is 9.78 Å². The van der Waals surface area contributed by atoms with Gasteiger partial charge in [0.05, 0.1) is 17.0 Å². The fourth-order valence-corrected chi connectivity index (χ4v) is 2.25. The van der Waals surface area contributed by atoms with Gasteiger partial charge in [0.25, 0.3) is 0 Å². The lowest BCUT2D eigenvalue weighted by Crippen LogP contribution is -2.38. The van der Waals surface area contributed by atoms with Gasteiger partial charge in [-0.05, 0) is 25.1 Å². The van der Waals surface area contributed by atoms with Crippen LogP contribution in [0.1, 0.15) is 20.3 Å². The Morgan fingerprint density at radius 2 is 2.12 bits per heavy atom. The Kier molecular flexibility index (Phi) is 6.20. The number of hydrogen-bond donors (Lipinski definition) is 3. The second kappa shape index (κ2) is 8.35. The highest BCUT2D eigenvalue weighted by atomic mass is 35.5. The molecule has 2 aromatic rings. The van der Waals surface area contributed by atoms with E-state index in [9.17, 15) is 9.59 Å². The molecule has 1 aromatic heterocycles. The zero-order valence-corrected chi connectivity index (χ0v) is 14.3. The van der Waals surface area contributed by atoms with Crippen molar-refractivity contribution in [2.24, 2.45) is 0 Å². The van der Waals surface area contributed by atoms with Gasteiger partial charge in [0.15, 0.2) is 0 Å². The van der Waals surface area contributed by atoms with Crippen molar-refractivity contribution in [1.82, 2.24) is 14.9 Å². The summed E-state index contributed by atoms with van der Waals surface area (Å²) in [7, 11) is 0. The number of amides is 3. The first kappa shape index (κ1) is 17.8. The predicted octanol–water partition coefficient (Wildman–Crippen LogP) is 3.10.